The van der Waals surface area contributed by atoms with Gasteiger partial charge in [0.25, 0.3) is 0 Å². The minimum Gasteiger partial charge on any atom is -0.381 e. The van der Waals surface area contributed by atoms with Crippen LogP contribution in [0, 0.1) is 5.92 Å². The average molecular weight is 407 g/mol. The number of hydrogen-bond donors (Lipinski definition) is 1. The maximum Gasteiger partial charge on any atom is 0.242 e. The Kier molecular flexibility index (Phi) is 6.63. The van der Waals surface area contributed by atoms with Gasteiger partial charge >= 0.3 is 0 Å². The quantitative estimate of drug-likeness (QED) is 0.815. The number of halogens is 2. The van der Waals surface area contributed by atoms with E-state index in [4.69, 9.17) is 27.9 Å². The summed E-state index contributed by atoms with van der Waals surface area (Å²) in [5.74, 6) is 0.351. The number of sulfonamides is 1. The van der Waals surface area contributed by atoms with Gasteiger partial charge in [0.05, 0.1) is 5.02 Å². The lowest BCUT2D eigenvalue weighted by Gasteiger charge is -2.39. The van der Waals surface area contributed by atoms with Gasteiger partial charge in [-0.25, -0.2) is 13.1 Å². The molecule has 0 saturated carbocycles. The molecule has 0 spiro atoms. The molecule has 2 aliphatic rings. The van der Waals surface area contributed by atoms with E-state index in [0.717, 1.165) is 52.0 Å². The molecule has 0 atom stereocenters. The van der Waals surface area contributed by atoms with Crippen molar-refractivity contribution in [3.05, 3.63) is 28.2 Å². The van der Waals surface area contributed by atoms with Crippen LogP contribution in [0.3, 0.4) is 0 Å². The van der Waals surface area contributed by atoms with Crippen molar-refractivity contribution in [1.29, 1.82) is 0 Å². The van der Waals surface area contributed by atoms with Gasteiger partial charge < -0.3 is 9.64 Å². The monoisotopic (exact) mass is 406 g/mol. The number of nitrogens with zero attached hydrogens (tertiary/aromatic N) is 1. The summed E-state index contributed by atoms with van der Waals surface area (Å²) >= 11 is 11.9. The molecule has 3 rings (SSSR count). The van der Waals surface area contributed by atoms with E-state index in [-0.39, 0.29) is 9.92 Å². The Labute approximate surface area is 159 Å². The first-order chi connectivity index (χ1) is 12.0. The molecule has 140 valence electrons. The van der Waals surface area contributed by atoms with Crippen molar-refractivity contribution in [1.82, 2.24) is 9.62 Å². The predicted octanol–water partition coefficient (Wildman–Crippen LogP) is 3.16. The largest absolute Gasteiger partial charge is 0.381 e. The second-order valence-electron chi connectivity index (χ2n) is 6.75. The van der Waals surface area contributed by atoms with Gasteiger partial charge in [0.15, 0.2) is 0 Å². The van der Waals surface area contributed by atoms with Crippen LogP contribution in [0.2, 0.25) is 10.0 Å². The molecule has 0 bridgehead atoms. The summed E-state index contributed by atoms with van der Waals surface area (Å²) in [4.78, 5) is 2.57. The SMILES string of the molecule is O=S(=O)(NCC1CCN(C2CCOCC2)CC1)c1cc(Cl)ccc1Cl. The van der Waals surface area contributed by atoms with Crippen LogP contribution in [-0.4, -0.2) is 52.2 Å². The maximum absolute atomic E-state index is 12.5. The van der Waals surface area contributed by atoms with Gasteiger partial charge in [-0.3, -0.25) is 0 Å². The number of rotatable bonds is 5. The Hall–Kier alpha value is -0.370. The van der Waals surface area contributed by atoms with Crippen molar-refractivity contribution < 1.29 is 13.2 Å². The standard InChI is InChI=1S/C17H24Cl2N2O3S/c18-14-1-2-16(19)17(11-14)25(22,23)20-12-13-3-7-21(8-4-13)15-5-9-24-10-6-15/h1-2,11,13,15,20H,3-10,12H2. The highest BCUT2D eigenvalue weighted by molar-refractivity contribution is 7.89. The number of likely N-dealkylation sites (tertiary alicyclic amines) is 1. The summed E-state index contributed by atoms with van der Waals surface area (Å²) in [7, 11) is -3.64. The van der Waals surface area contributed by atoms with Crippen molar-refractivity contribution in [3.8, 4) is 0 Å². The third-order valence-corrected chi connectivity index (χ3v) is 7.24. The van der Waals surface area contributed by atoms with Crippen LogP contribution in [-0.2, 0) is 14.8 Å². The Bertz CT molecular complexity index is 685. The molecule has 8 heteroatoms. The zero-order valence-electron chi connectivity index (χ0n) is 14.1. The summed E-state index contributed by atoms with van der Waals surface area (Å²) < 4.78 is 33.1. The number of nitrogens with one attached hydrogen (secondary N) is 1. The molecule has 0 aliphatic carbocycles. The minimum absolute atomic E-state index is 0.0429. The second kappa shape index (κ2) is 8.55. The zero-order valence-corrected chi connectivity index (χ0v) is 16.4. The molecule has 1 N–H and O–H groups in total. The smallest absolute Gasteiger partial charge is 0.242 e. The van der Waals surface area contributed by atoms with Crippen LogP contribution in [0.15, 0.2) is 23.1 Å². The lowest BCUT2D eigenvalue weighted by Crippen LogP contribution is -2.45. The first kappa shape index (κ1) is 19.4. The molecule has 2 heterocycles. The minimum atomic E-state index is -3.64. The van der Waals surface area contributed by atoms with Crippen molar-refractivity contribution in [2.24, 2.45) is 5.92 Å². The topological polar surface area (TPSA) is 58.6 Å². The summed E-state index contributed by atoms with van der Waals surface area (Å²) in [5, 5.41) is 0.542. The third-order valence-electron chi connectivity index (χ3n) is 5.10. The molecule has 0 amide bonds. The van der Waals surface area contributed by atoms with Crippen LogP contribution in [0.4, 0.5) is 0 Å². The Morgan fingerprint density at radius 3 is 2.48 bits per heavy atom. The summed E-state index contributed by atoms with van der Waals surface area (Å²) in [6, 6.07) is 5.09. The van der Waals surface area contributed by atoms with Gasteiger partial charge in [0.1, 0.15) is 4.90 Å². The van der Waals surface area contributed by atoms with E-state index in [1.165, 1.54) is 12.1 Å². The van der Waals surface area contributed by atoms with Crippen molar-refractivity contribution in [2.45, 2.75) is 36.6 Å². The Morgan fingerprint density at radius 2 is 1.80 bits per heavy atom. The average Bonchev–Trinajstić information content (AvgIpc) is 2.63. The lowest BCUT2D eigenvalue weighted by molar-refractivity contribution is 0.0214. The summed E-state index contributed by atoms with van der Waals surface area (Å²) in [5.41, 5.74) is 0. The fourth-order valence-corrected chi connectivity index (χ4v) is 5.44. The van der Waals surface area contributed by atoms with E-state index >= 15 is 0 Å². The Balaban J connectivity index is 1.51. The molecule has 0 aromatic heterocycles. The molecule has 2 saturated heterocycles. The first-order valence-corrected chi connectivity index (χ1v) is 11.0. The summed E-state index contributed by atoms with van der Waals surface area (Å²) in [6.45, 7) is 4.19. The van der Waals surface area contributed by atoms with E-state index in [2.05, 4.69) is 9.62 Å². The van der Waals surface area contributed by atoms with E-state index < -0.39 is 10.0 Å². The molecule has 2 fully saturated rings. The zero-order chi connectivity index (χ0) is 17.9. The molecule has 2 aliphatic heterocycles. The highest BCUT2D eigenvalue weighted by Crippen LogP contribution is 2.26. The molecule has 5 nitrogen and oxygen atoms in total. The predicted molar refractivity (Wildman–Crippen MR) is 99.8 cm³/mol. The van der Waals surface area contributed by atoms with Gasteiger partial charge in [-0.1, -0.05) is 23.2 Å². The van der Waals surface area contributed by atoms with Crippen LogP contribution in [0.1, 0.15) is 25.7 Å². The normalized spacial score (nSPS) is 21.5. The number of hydrogen-bond acceptors (Lipinski definition) is 4. The van der Waals surface area contributed by atoms with Gasteiger partial charge in [-0.2, -0.15) is 0 Å². The first-order valence-electron chi connectivity index (χ1n) is 8.72. The van der Waals surface area contributed by atoms with Gasteiger partial charge in [0, 0.05) is 30.8 Å². The number of ether oxygens (including phenoxy) is 1. The fraction of sp³-hybridized carbons (Fsp3) is 0.647. The van der Waals surface area contributed by atoms with Crippen molar-refractivity contribution in [2.75, 3.05) is 32.8 Å². The Morgan fingerprint density at radius 1 is 1.12 bits per heavy atom. The van der Waals surface area contributed by atoms with E-state index in [0.29, 0.717) is 23.5 Å². The van der Waals surface area contributed by atoms with Crippen LogP contribution >= 0.6 is 23.2 Å². The van der Waals surface area contributed by atoms with E-state index in [9.17, 15) is 8.42 Å². The van der Waals surface area contributed by atoms with Crippen molar-refractivity contribution >= 4 is 33.2 Å². The highest BCUT2D eigenvalue weighted by atomic mass is 35.5. The van der Waals surface area contributed by atoms with Gasteiger partial charge in [0.2, 0.25) is 10.0 Å². The van der Waals surface area contributed by atoms with Crippen LogP contribution in [0.5, 0.6) is 0 Å². The molecule has 1 aromatic carbocycles. The third kappa shape index (κ3) is 5.08. The second-order valence-corrected chi connectivity index (χ2v) is 9.33. The van der Waals surface area contributed by atoms with Gasteiger partial charge in [-0.05, 0) is 62.9 Å². The number of piperidine rings is 1. The van der Waals surface area contributed by atoms with E-state index in [1.54, 1.807) is 6.07 Å². The molecule has 0 unspecified atom stereocenters. The highest BCUT2D eigenvalue weighted by Gasteiger charge is 2.27. The molecular formula is C17H24Cl2N2O3S. The van der Waals surface area contributed by atoms with E-state index in [1.807, 2.05) is 0 Å². The number of benzene rings is 1. The molecular weight excluding hydrogens is 383 g/mol. The maximum atomic E-state index is 12.5. The van der Waals surface area contributed by atoms with Crippen LogP contribution in [0.25, 0.3) is 0 Å². The van der Waals surface area contributed by atoms with Crippen molar-refractivity contribution in [3.63, 3.8) is 0 Å². The lowest BCUT2D eigenvalue weighted by atomic mass is 9.94. The fourth-order valence-electron chi connectivity index (χ4n) is 3.56. The summed E-state index contributed by atoms with van der Waals surface area (Å²) in [6.07, 6.45) is 4.21. The molecule has 1 aromatic rings. The molecule has 25 heavy (non-hydrogen) atoms. The van der Waals surface area contributed by atoms with Gasteiger partial charge in [-0.15, -0.1) is 0 Å². The van der Waals surface area contributed by atoms with Crippen LogP contribution < -0.4 is 4.72 Å². The molecule has 0 radical (unpaired) electrons.